The van der Waals surface area contributed by atoms with Crippen LogP contribution in [0, 0.1) is 5.92 Å². The minimum Gasteiger partial charge on any atom is -0.453 e. The molecule has 5 rings (SSSR count). The van der Waals surface area contributed by atoms with E-state index in [1.165, 1.54) is 13.8 Å². The van der Waals surface area contributed by atoms with Gasteiger partial charge in [-0.3, -0.25) is 9.59 Å². The molecule has 0 spiro atoms. The summed E-state index contributed by atoms with van der Waals surface area (Å²) >= 11 is 0. The van der Waals surface area contributed by atoms with E-state index in [-0.39, 0.29) is 30.6 Å². The Morgan fingerprint density at radius 3 is 2.39 bits per heavy atom. The van der Waals surface area contributed by atoms with Crippen molar-refractivity contribution in [3.05, 3.63) is 101 Å². The van der Waals surface area contributed by atoms with Crippen LogP contribution in [-0.2, 0) is 43.5 Å². The Hall–Kier alpha value is -4.05. The molecule has 1 amide bonds. The number of nitrogens with zero attached hydrogens (tertiary/aromatic N) is 2. The number of esters is 1. The van der Waals surface area contributed by atoms with Gasteiger partial charge in [-0.2, -0.15) is 0 Å². The van der Waals surface area contributed by atoms with Crippen LogP contribution < -0.4 is 5.32 Å². The van der Waals surface area contributed by atoms with Gasteiger partial charge in [-0.15, -0.1) is 0 Å². The van der Waals surface area contributed by atoms with Crippen molar-refractivity contribution in [1.29, 1.82) is 0 Å². The summed E-state index contributed by atoms with van der Waals surface area (Å²) in [6.45, 7) is 5.83. The molecule has 1 saturated heterocycles. The normalized spacial score (nSPS) is 21.4. The van der Waals surface area contributed by atoms with E-state index in [1.54, 1.807) is 0 Å². The highest BCUT2D eigenvalue weighted by atomic mass is 16.7. The van der Waals surface area contributed by atoms with Crippen LogP contribution in [-0.4, -0.2) is 38.7 Å². The first-order chi connectivity index (χ1) is 19.8. The van der Waals surface area contributed by atoms with Crippen LogP contribution in [0.1, 0.15) is 55.4 Å². The van der Waals surface area contributed by atoms with E-state index in [9.17, 15) is 14.7 Å². The lowest BCUT2D eigenvalue weighted by Gasteiger charge is -2.41. The van der Waals surface area contributed by atoms with Gasteiger partial charge < -0.3 is 29.2 Å². The molecule has 1 aromatic heterocycles. The Labute approximate surface area is 239 Å². The monoisotopic (exact) mass is 557 g/mol. The number of hydrogen-bond donors (Lipinski definition) is 2. The minimum absolute atomic E-state index is 0.0150. The number of aromatic nitrogens is 2. The molecule has 9 nitrogen and oxygen atoms in total. The Kier molecular flexibility index (Phi) is 8.78. The van der Waals surface area contributed by atoms with Crippen molar-refractivity contribution in [3.63, 3.8) is 0 Å². The number of imidazole rings is 1. The first kappa shape index (κ1) is 28.5. The lowest BCUT2D eigenvalue weighted by Crippen LogP contribution is -2.39. The lowest BCUT2D eigenvalue weighted by molar-refractivity contribution is -0.276. The summed E-state index contributed by atoms with van der Waals surface area (Å²) in [7, 11) is 0. The van der Waals surface area contributed by atoms with Gasteiger partial charge in [0, 0.05) is 24.9 Å². The van der Waals surface area contributed by atoms with Crippen LogP contribution in [0.5, 0.6) is 0 Å². The maximum Gasteiger partial charge on any atom is 0.303 e. The van der Waals surface area contributed by atoms with Crippen molar-refractivity contribution in [1.82, 2.24) is 14.9 Å². The predicted molar refractivity (Wildman–Crippen MR) is 152 cm³/mol. The fourth-order valence-electron chi connectivity index (χ4n) is 5.11. The molecule has 41 heavy (non-hydrogen) atoms. The van der Waals surface area contributed by atoms with Crippen molar-refractivity contribution in [3.8, 4) is 0 Å². The molecule has 3 aromatic carbocycles. The zero-order valence-electron chi connectivity index (χ0n) is 23.4. The average Bonchev–Trinajstić information content (AvgIpc) is 3.39. The van der Waals surface area contributed by atoms with E-state index < -0.39 is 18.4 Å². The first-order valence-corrected chi connectivity index (χ1v) is 13.8. The smallest absolute Gasteiger partial charge is 0.303 e. The number of benzene rings is 3. The number of aliphatic hydroxyl groups excluding tert-OH is 1. The highest BCUT2D eigenvalue weighted by Crippen LogP contribution is 2.42. The number of aliphatic hydroxyl groups is 1. The summed E-state index contributed by atoms with van der Waals surface area (Å²) in [6.07, 6.45) is -0.0211. The minimum atomic E-state index is -0.856. The largest absolute Gasteiger partial charge is 0.453 e. The second-order valence-corrected chi connectivity index (χ2v) is 10.4. The second-order valence-electron chi connectivity index (χ2n) is 10.4. The Morgan fingerprint density at radius 2 is 1.68 bits per heavy atom. The van der Waals surface area contributed by atoms with Crippen molar-refractivity contribution in [2.24, 2.45) is 5.92 Å². The van der Waals surface area contributed by atoms with Gasteiger partial charge >= 0.3 is 5.97 Å². The SMILES string of the molecule is CC(=O)O[C@@H](C)C(=O)NCc1ccc([C@@H]2O[C@H](Cn3cnc4ccccc43)[C@H](C)[C@H](c3ccc(CO)cc3)O2)cc1. The Morgan fingerprint density at radius 1 is 1.00 bits per heavy atom. The van der Waals surface area contributed by atoms with Crippen LogP contribution in [0.3, 0.4) is 0 Å². The fraction of sp³-hybridized carbons (Fsp3) is 0.344. The molecule has 1 fully saturated rings. The van der Waals surface area contributed by atoms with E-state index in [1.807, 2.05) is 73.1 Å². The third kappa shape index (κ3) is 6.65. The van der Waals surface area contributed by atoms with E-state index in [0.29, 0.717) is 13.1 Å². The van der Waals surface area contributed by atoms with E-state index in [2.05, 4.69) is 27.9 Å². The van der Waals surface area contributed by atoms with Crippen molar-refractivity contribution < 1.29 is 28.9 Å². The molecule has 0 aliphatic carbocycles. The van der Waals surface area contributed by atoms with E-state index in [4.69, 9.17) is 14.2 Å². The molecule has 4 aromatic rings. The molecule has 0 bridgehead atoms. The Balaban J connectivity index is 1.35. The van der Waals surface area contributed by atoms with Gasteiger partial charge in [-0.25, -0.2) is 4.98 Å². The number of carbonyl (C=O) groups is 2. The molecule has 0 radical (unpaired) electrons. The van der Waals surface area contributed by atoms with Crippen LogP contribution in [0.4, 0.5) is 0 Å². The van der Waals surface area contributed by atoms with Gasteiger partial charge in [-0.05, 0) is 35.7 Å². The Bertz CT molecular complexity index is 1480. The first-order valence-electron chi connectivity index (χ1n) is 13.8. The highest BCUT2D eigenvalue weighted by Gasteiger charge is 2.38. The van der Waals surface area contributed by atoms with Crippen molar-refractivity contribution in [2.45, 2.75) is 65.1 Å². The number of ether oxygens (including phenoxy) is 3. The number of rotatable bonds is 9. The van der Waals surface area contributed by atoms with Gasteiger partial charge in [-0.1, -0.05) is 67.6 Å². The van der Waals surface area contributed by atoms with Crippen LogP contribution in [0.25, 0.3) is 11.0 Å². The summed E-state index contributed by atoms with van der Waals surface area (Å²) < 4.78 is 20.2. The van der Waals surface area contributed by atoms with Gasteiger partial charge in [0.25, 0.3) is 5.91 Å². The number of nitrogens with one attached hydrogen (secondary N) is 1. The van der Waals surface area contributed by atoms with Gasteiger partial charge in [0.2, 0.25) is 0 Å². The molecule has 9 heteroatoms. The maximum atomic E-state index is 12.2. The molecule has 0 unspecified atom stereocenters. The third-order valence-electron chi connectivity index (χ3n) is 7.46. The molecular formula is C32H35N3O6. The number of fused-ring (bicyclic) bond motifs is 1. The van der Waals surface area contributed by atoms with Crippen molar-refractivity contribution in [2.75, 3.05) is 0 Å². The summed E-state index contributed by atoms with van der Waals surface area (Å²) in [6, 6.07) is 23.6. The topological polar surface area (TPSA) is 112 Å². The number of carbonyl (C=O) groups excluding carboxylic acids is 2. The fourth-order valence-corrected chi connectivity index (χ4v) is 5.11. The maximum absolute atomic E-state index is 12.2. The number of hydrogen-bond acceptors (Lipinski definition) is 7. The summed E-state index contributed by atoms with van der Waals surface area (Å²) in [5, 5.41) is 12.3. The van der Waals surface area contributed by atoms with Crippen LogP contribution in [0.15, 0.2) is 79.1 Å². The van der Waals surface area contributed by atoms with E-state index >= 15 is 0 Å². The molecule has 1 aliphatic heterocycles. The van der Waals surface area contributed by atoms with Gasteiger partial charge in [0.1, 0.15) is 0 Å². The quantitative estimate of drug-likeness (QED) is 0.290. The standard InChI is InChI=1S/C32H35N3O6/c1-20-29(17-35-19-34-27-6-4-5-7-28(27)35)40-32(41-30(20)25-12-10-24(18-36)11-13-25)26-14-8-23(9-15-26)16-33-31(38)21(2)39-22(3)37/h4-15,19-21,29-30,32,36H,16-18H2,1-3H3,(H,33,38)/t20-,21-,29+,30+,32+/m0/s1. The molecular weight excluding hydrogens is 522 g/mol. The van der Waals surface area contributed by atoms with E-state index in [0.717, 1.165) is 33.3 Å². The average molecular weight is 558 g/mol. The van der Waals surface area contributed by atoms with Crippen LogP contribution in [0.2, 0.25) is 0 Å². The van der Waals surface area contributed by atoms with Crippen molar-refractivity contribution >= 4 is 22.9 Å². The molecule has 5 atom stereocenters. The number of para-hydroxylation sites is 2. The second kappa shape index (κ2) is 12.6. The van der Waals surface area contributed by atoms with Gasteiger partial charge in [0.15, 0.2) is 12.4 Å². The van der Waals surface area contributed by atoms with Crippen LogP contribution >= 0.6 is 0 Å². The highest BCUT2D eigenvalue weighted by molar-refractivity contribution is 5.82. The number of amides is 1. The van der Waals surface area contributed by atoms with Gasteiger partial charge in [0.05, 0.1) is 42.7 Å². The lowest BCUT2D eigenvalue weighted by atomic mass is 9.90. The summed E-state index contributed by atoms with van der Waals surface area (Å²) in [4.78, 5) is 27.9. The summed E-state index contributed by atoms with van der Waals surface area (Å²) in [5.41, 5.74) is 5.59. The zero-order chi connectivity index (χ0) is 28.9. The molecule has 0 saturated carbocycles. The third-order valence-corrected chi connectivity index (χ3v) is 7.46. The molecule has 2 heterocycles. The molecule has 2 N–H and O–H groups in total. The summed E-state index contributed by atoms with van der Waals surface area (Å²) in [5.74, 6) is -0.829. The molecule has 214 valence electrons. The predicted octanol–water partition coefficient (Wildman–Crippen LogP) is 4.59. The molecule has 1 aliphatic rings. The zero-order valence-corrected chi connectivity index (χ0v) is 23.4.